The van der Waals surface area contributed by atoms with Crippen LogP contribution in [0, 0.1) is 24.0 Å². The number of ketones is 1. The Morgan fingerprint density at radius 1 is 1.18 bits per heavy atom. The SMILES string of the molecule is Cc1ccc(C(=O)COc2ccc(Cl)cc2[N+](=O)[O-])cc1C. The lowest BCUT2D eigenvalue weighted by atomic mass is 10.0. The summed E-state index contributed by atoms with van der Waals surface area (Å²) in [5.41, 5.74) is 2.34. The molecule has 0 heterocycles. The molecule has 22 heavy (non-hydrogen) atoms. The van der Waals surface area contributed by atoms with Crippen molar-refractivity contribution in [1.82, 2.24) is 0 Å². The van der Waals surface area contributed by atoms with E-state index in [2.05, 4.69) is 0 Å². The van der Waals surface area contributed by atoms with Crippen LogP contribution in [-0.4, -0.2) is 17.3 Å². The van der Waals surface area contributed by atoms with Gasteiger partial charge in [0, 0.05) is 16.7 Å². The normalized spacial score (nSPS) is 10.3. The number of halogens is 1. The minimum absolute atomic E-state index is 0.0200. The van der Waals surface area contributed by atoms with Gasteiger partial charge < -0.3 is 4.74 Å². The molecule has 0 saturated carbocycles. The first-order chi connectivity index (χ1) is 10.4. The number of aryl methyl sites for hydroxylation is 2. The summed E-state index contributed by atoms with van der Waals surface area (Å²) in [7, 11) is 0. The third-order valence-electron chi connectivity index (χ3n) is 3.31. The molecule has 0 radical (unpaired) electrons. The molecule has 114 valence electrons. The molecule has 0 aliphatic heterocycles. The van der Waals surface area contributed by atoms with Crippen molar-refractivity contribution in [2.24, 2.45) is 0 Å². The molecule has 0 bridgehead atoms. The largest absolute Gasteiger partial charge is 0.478 e. The first-order valence-electron chi connectivity index (χ1n) is 6.55. The summed E-state index contributed by atoms with van der Waals surface area (Å²) in [4.78, 5) is 22.5. The number of Topliss-reactive ketones (excluding diaryl/α,β-unsaturated/α-hetero) is 1. The van der Waals surface area contributed by atoms with Gasteiger partial charge in [0.15, 0.2) is 18.1 Å². The molecule has 2 rings (SSSR count). The molecule has 0 unspecified atom stereocenters. The predicted octanol–water partition coefficient (Wildman–Crippen LogP) is 4.13. The van der Waals surface area contributed by atoms with Crippen LogP contribution < -0.4 is 4.74 Å². The Morgan fingerprint density at radius 2 is 1.91 bits per heavy atom. The third kappa shape index (κ3) is 3.62. The van der Waals surface area contributed by atoms with E-state index >= 15 is 0 Å². The van der Waals surface area contributed by atoms with Gasteiger partial charge in [-0.3, -0.25) is 14.9 Å². The number of nitro benzene ring substituents is 1. The molecule has 0 aromatic heterocycles. The standard InChI is InChI=1S/C16H14ClNO4/c1-10-3-4-12(7-11(10)2)15(19)9-22-16-6-5-13(17)8-14(16)18(20)21/h3-8H,9H2,1-2H3. The van der Waals surface area contributed by atoms with E-state index in [0.29, 0.717) is 5.56 Å². The molecule has 0 N–H and O–H groups in total. The zero-order chi connectivity index (χ0) is 16.3. The van der Waals surface area contributed by atoms with E-state index in [4.69, 9.17) is 16.3 Å². The number of carbonyl (C=O) groups excluding carboxylic acids is 1. The maximum absolute atomic E-state index is 12.1. The fraction of sp³-hybridized carbons (Fsp3) is 0.188. The van der Waals surface area contributed by atoms with Crippen molar-refractivity contribution in [1.29, 1.82) is 0 Å². The van der Waals surface area contributed by atoms with Crippen LogP contribution in [0.2, 0.25) is 5.02 Å². The number of nitrogens with zero attached hydrogens (tertiary/aromatic N) is 1. The Kier molecular flexibility index (Phi) is 4.78. The fourth-order valence-corrected chi connectivity index (χ4v) is 2.06. The number of ether oxygens (including phenoxy) is 1. The number of carbonyl (C=O) groups is 1. The zero-order valence-corrected chi connectivity index (χ0v) is 12.9. The Labute approximate surface area is 132 Å². The van der Waals surface area contributed by atoms with Crippen molar-refractivity contribution in [2.75, 3.05) is 6.61 Å². The highest BCUT2D eigenvalue weighted by molar-refractivity contribution is 6.30. The van der Waals surface area contributed by atoms with Crippen molar-refractivity contribution < 1.29 is 14.5 Å². The summed E-state index contributed by atoms with van der Waals surface area (Å²) >= 11 is 5.72. The van der Waals surface area contributed by atoms with E-state index in [1.807, 2.05) is 19.9 Å². The van der Waals surface area contributed by atoms with Crippen LogP contribution in [0.15, 0.2) is 36.4 Å². The maximum atomic E-state index is 12.1. The van der Waals surface area contributed by atoms with Gasteiger partial charge >= 0.3 is 5.69 Å². The number of benzene rings is 2. The van der Waals surface area contributed by atoms with Gasteiger partial charge in [-0.2, -0.15) is 0 Å². The van der Waals surface area contributed by atoms with Gasteiger partial charge in [-0.05, 0) is 43.2 Å². The van der Waals surface area contributed by atoms with Crippen molar-refractivity contribution >= 4 is 23.1 Å². The van der Waals surface area contributed by atoms with Crippen LogP contribution >= 0.6 is 11.6 Å². The van der Waals surface area contributed by atoms with Gasteiger partial charge in [-0.15, -0.1) is 0 Å². The minimum atomic E-state index is -0.596. The highest BCUT2D eigenvalue weighted by Crippen LogP contribution is 2.30. The second-order valence-electron chi connectivity index (χ2n) is 4.88. The van der Waals surface area contributed by atoms with E-state index in [0.717, 1.165) is 11.1 Å². The molecule has 6 heteroatoms. The summed E-state index contributed by atoms with van der Waals surface area (Å²) in [6.07, 6.45) is 0. The molecule has 5 nitrogen and oxygen atoms in total. The fourth-order valence-electron chi connectivity index (χ4n) is 1.90. The van der Waals surface area contributed by atoms with Crippen LogP contribution in [0.1, 0.15) is 21.5 Å². The van der Waals surface area contributed by atoms with Gasteiger partial charge in [0.05, 0.1) is 4.92 Å². The number of rotatable bonds is 5. The molecule has 2 aromatic rings. The van der Waals surface area contributed by atoms with Crippen LogP contribution in [0.3, 0.4) is 0 Å². The summed E-state index contributed by atoms with van der Waals surface area (Å²) in [6, 6.07) is 9.39. The molecule has 0 spiro atoms. The summed E-state index contributed by atoms with van der Waals surface area (Å²) < 4.78 is 5.29. The highest BCUT2D eigenvalue weighted by atomic mass is 35.5. The van der Waals surface area contributed by atoms with E-state index < -0.39 is 4.92 Å². The van der Waals surface area contributed by atoms with E-state index in [-0.39, 0.29) is 28.8 Å². The van der Waals surface area contributed by atoms with Crippen LogP contribution in [-0.2, 0) is 0 Å². The molecule has 0 saturated heterocycles. The monoisotopic (exact) mass is 319 g/mol. The second-order valence-corrected chi connectivity index (χ2v) is 5.32. The lowest BCUT2D eigenvalue weighted by molar-refractivity contribution is -0.385. The predicted molar refractivity (Wildman–Crippen MR) is 83.8 cm³/mol. The minimum Gasteiger partial charge on any atom is -0.478 e. The summed E-state index contributed by atoms with van der Waals surface area (Å²) in [5.74, 6) is -0.223. The average Bonchev–Trinajstić information content (AvgIpc) is 2.48. The van der Waals surface area contributed by atoms with Gasteiger partial charge in [0.25, 0.3) is 0 Å². The van der Waals surface area contributed by atoms with E-state index in [1.165, 1.54) is 18.2 Å². The van der Waals surface area contributed by atoms with Crippen molar-refractivity contribution in [3.05, 3.63) is 68.2 Å². The van der Waals surface area contributed by atoms with Gasteiger partial charge in [0.1, 0.15) is 0 Å². The van der Waals surface area contributed by atoms with Crippen LogP contribution in [0.4, 0.5) is 5.69 Å². The van der Waals surface area contributed by atoms with Crippen LogP contribution in [0.25, 0.3) is 0 Å². The molecular formula is C16H14ClNO4. The first kappa shape index (κ1) is 16.0. The van der Waals surface area contributed by atoms with Gasteiger partial charge in [-0.1, -0.05) is 23.7 Å². The van der Waals surface area contributed by atoms with E-state index in [1.54, 1.807) is 12.1 Å². The average molecular weight is 320 g/mol. The number of hydrogen-bond acceptors (Lipinski definition) is 4. The topological polar surface area (TPSA) is 69.4 Å². The number of hydrogen-bond donors (Lipinski definition) is 0. The Balaban J connectivity index is 2.14. The molecule has 0 aliphatic rings. The molecule has 0 amide bonds. The summed E-state index contributed by atoms with van der Waals surface area (Å²) in [6.45, 7) is 3.60. The van der Waals surface area contributed by atoms with Crippen molar-refractivity contribution in [3.8, 4) is 5.75 Å². The van der Waals surface area contributed by atoms with Crippen molar-refractivity contribution in [2.45, 2.75) is 13.8 Å². The first-order valence-corrected chi connectivity index (χ1v) is 6.93. The Bertz CT molecular complexity index is 743. The maximum Gasteiger partial charge on any atom is 0.312 e. The van der Waals surface area contributed by atoms with Crippen LogP contribution in [0.5, 0.6) is 5.75 Å². The lowest BCUT2D eigenvalue weighted by Crippen LogP contribution is -2.12. The zero-order valence-electron chi connectivity index (χ0n) is 12.1. The molecular weight excluding hydrogens is 306 g/mol. The summed E-state index contributed by atoms with van der Waals surface area (Å²) in [5, 5.41) is 11.2. The molecule has 2 aromatic carbocycles. The Hall–Kier alpha value is -2.40. The molecule has 0 fully saturated rings. The van der Waals surface area contributed by atoms with Gasteiger partial charge in [-0.25, -0.2) is 0 Å². The number of nitro groups is 1. The lowest BCUT2D eigenvalue weighted by Gasteiger charge is -2.08. The third-order valence-corrected chi connectivity index (χ3v) is 3.54. The van der Waals surface area contributed by atoms with E-state index in [9.17, 15) is 14.9 Å². The smallest absolute Gasteiger partial charge is 0.312 e. The Morgan fingerprint density at radius 3 is 2.55 bits per heavy atom. The molecule has 0 aliphatic carbocycles. The van der Waals surface area contributed by atoms with Gasteiger partial charge in [0.2, 0.25) is 0 Å². The second kappa shape index (κ2) is 6.58. The quantitative estimate of drug-likeness (QED) is 0.472. The van der Waals surface area contributed by atoms with Crippen molar-refractivity contribution in [3.63, 3.8) is 0 Å². The highest BCUT2D eigenvalue weighted by Gasteiger charge is 2.17. The molecule has 0 atom stereocenters.